The summed E-state index contributed by atoms with van der Waals surface area (Å²) in [7, 11) is 0. The van der Waals surface area contributed by atoms with Gasteiger partial charge in [0.2, 0.25) is 0 Å². The van der Waals surface area contributed by atoms with Crippen LogP contribution in [-0.2, 0) is 5.41 Å². The Morgan fingerprint density at radius 3 is 2.12 bits per heavy atom. The first-order valence-electron chi connectivity index (χ1n) is 14.5. The van der Waals surface area contributed by atoms with E-state index in [-0.39, 0.29) is 5.56 Å². The van der Waals surface area contributed by atoms with Crippen molar-refractivity contribution in [2.75, 3.05) is 0 Å². The highest BCUT2D eigenvalue weighted by molar-refractivity contribution is 7.23. The third kappa shape index (κ3) is 2.79. The molecular weight excluding hydrogens is 545 g/mol. The van der Waals surface area contributed by atoms with E-state index in [1.165, 1.54) is 55.6 Å². The molecule has 2 aliphatic carbocycles. The third-order valence-corrected chi connectivity index (χ3v) is 10.5. The van der Waals surface area contributed by atoms with Gasteiger partial charge < -0.3 is 0 Å². The molecule has 2 aromatic heterocycles. The van der Waals surface area contributed by atoms with Gasteiger partial charge in [-0.3, -0.25) is 4.79 Å². The highest BCUT2D eigenvalue weighted by atomic mass is 32.1. The van der Waals surface area contributed by atoms with Gasteiger partial charge in [-0.1, -0.05) is 121 Å². The van der Waals surface area contributed by atoms with E-state index in [1.54, 1.807) is 11.3 Å². The van der Waals surface area contributed by atoms with Crippen molar-refractivity contribution in [3.8, 4) is 33.4 Å². The van der Waals surface area contributed by atoms with E-state index in [2.05, 4.69) is 109 Å². The molecule has 0 fully saturated rings. The summed E-state index contributed by atoms with van der Waals surface area (Å²) in [4.78, 5) is 19.7. The highest BCUT2D eigenvalue weighted by Gasteiger charge is 2.52. The Morgan fingerprint density at radius 2 is 1.26 bits per heavy atom. The largest absolute Gasteiger partial charge is 0.268 e. The molecule has 3 nitrogen and oxygen atoms in total. The van der Waals surface area contributed by atoms with E-state index in [9.17, 15) is 4.79 Å². The zero-order valence-electron chi connectivity index (χ0n) is 22.9. The summed E-state index contributed by atoms with van der Waals surface area (Å²) in [6.45, 7) is 0. The summed E-state index contributed by atoms with van der Waals surface area (Å²) in [5.41, 5.74) is 13.6. The van der Waals surface area contributed by atoms with Crippen LogP contribution in [0.5, 0.6) is 0 Å². The van der Waals surface area contributed by atoms with Gasteiger partial charge in [-0.2, -0.15) is 0 Å². The van der Waals surface area contributed by atoms with Gasteiger partial charge in [-0.25, -0.2) is 9.38 Å². The number of benzene rings is 6. The monoisotopic (exact) mass is 566 g/mol. The van der Waals surface area contributed by atoms with Crippen molar-refractivity contribution >= 4 is 37.4 Å². The van der Waals surface area contributed by atoms with E-state index in [1.807, 2.05) is 28.7 Å². The van der Waals surface area contributed by atoms with Crippen LogP contribution in [0, 0.1) is 0 Å². The van der Waals surface area contributed by atoms with E-state index in [0.29, 0.717) is 0 Å². The van der Waals surface area contributed by atoms with Crippen molar-refractivity contribution < 1.29 is 0 Å². The van der Waals surface area contributed by atoms with Crippen LogP contribution in [0.15, 0.2) is 138 Å². The Morgan fingerprint density at radius 1 is 0.581 bits per heavy atom. The second kappa shape index (κ2) is 8.15. The number of nitrogens with zero attached hydrogens (tertiary/aromatic N) is 2. The lowest BCUT2D eigenvalue weighted by Gasteiger charge is -2.30. The van der Waals surface area contributed by atoms with Gasteiger partial charge in [0.15, 0.2) is 4.96 Å². The first kappa shape index (κ1) is 23.3. The summed E-state index contributed by atoms with van der Waals surface area (Å²) in [5.74, 6) is 0. The number of imidazole rings is 1. The molecule has 2 heterocycles. The van der Waals surface area contributed by atoms with Gasteiger partial charge in [0.25, 0.3) is 5.56 Å². The molecule has 0 amide bonds. The first-order valence-corrected chi connectivity index (χ1v) is 15.3. The van der Waals surface area contributed by atoms with Gasteiger partial charge in [0.1, 0.15) is 0 Å². The predicted molar refractivity (Wildman–Crippen MR) is 176 cm³/mol. The summed E-state index contributed by atoms with van der Waals surface area (Å²) in [6, 6.07) is 47.4. The molecule has 0 radical (unpaired) electrons. The van der Waals surface area contributed by atoms with Crippen LogP contribution in [0.25, 0.3) is 59.5 Å². The molecule has 1 atom stereocenters. The summed E-state index contributed by atoms with van der Waals surface area (Å²) in [6.07, 6.45) is 0. The van der Waals surface area contributed by atoms with Crippen LogP contribution in [-0.4, -0.2) is 9.38 Å². The second-order valence-electron chi connectivity index (χ2n) is 11.5. The Balaban J connectivity index is 1.38. The number of aromatic nitrogens is 2. The number of rotatable bonds is 1. The number of fused-ring (bicyclic) bond motifs is 14. The van der Waals surface area contributed by atoms with Crippen LogP contribution in [0.2, 0.25) is 0 Å². The van der Waals surface area contributed by atoms with Crippen LogP contribution in [0.3, 0.4) is 0 Å². The minimum absolute atomic E-state index is 0.0186. The maximum atomic E-state index is 13.9. The zero-order chi connectivity index (χ0) is 28.3. The van der Waals surface area contributed by atoms with Crippen molar-refractivity contribution in [1.82, 2.24) is 9.38 Å². The molecule has 0 N–H and O–H groups in total. The molecule has 43 heavy (non-hydrogen) atoms. The van der Waals surface area contributed by atoms with Crippen LogP contribution >= 0.6 is 11.3 Å². The van der Waals surface area contributed by atoms with Gasteiger partial charge >= 0.3 is 0 Å². The van der Waals surface area contributed by atoms with Crippen molar-refractivity contribution in [3.63, 3.8) is 0 Å². The van der Waals surface area contributed by atoms with Gasteiger partial charge in [-0.05, 0) is 79.9 Å². The average Bonchev–Trinajstić information content (AvgIpc) is 3.67. The fraction of sp³-hybridized carbons (Fsp3) is 0.0256. The van der Waals surface area contributed by atoms with Crippen molar-refractivity contribution in [3.05, 3.63) is 166 Å². The van der Waals surface area contributed by atoms with Gasteiger partial charge in [0.05, 0.1) is 21.8 Å². The molecule has 2 aliphatic rings. The molecular formula is C39H22N2OS. The molecule has 4 heteroatoms. The standard InChI is InChI=1S/C39H22N2OS/c42-37-27-15-6-9-20-35(27)43-38-40-33-21-28-25-13-4-7-17-29(25)39(32(28)22-34(33)41(37)38)30-18-8-5-14-26(30)36-24(16-10-19-31(36)39)23-11-2-1-3-12-23/h1-22H. The molecule has 0 saturated carbocycles. The maximum absolute atomic E-state index is 13.9. The SMILES string of the molecule is O=c1c2ccccc2sc2nc3cc4c(cc3n12)C1(c2ccccc2-4)c2ccccc2-c2c(-c3ccccc3)cccc21. The molecule has 8 aromatic rings. The summed E-state index contributed by atoms with van der Waals surface area (Å²) < 4.78 is 2.78. The van der Waals surface area contributed by atoms with E-state index < -0.39 is 5.41 Å². The Kier molecular flexibility index (Phi) is 4.41. The molecule has 0 aliphatic heterocycles. The van der Waals surface area contributed by atoms with Crippen molar-refractivity contribution in [2.45, 2.75) is 5.41 Å². The van der Waals surface area contributed by atoms with Crippen molar-refractivity contribution in [2.24, 2.45) is 0 Å². The number of hydrogen-bond acceptors (Lipinski definition) is 3. The van der Waals surface area contributed by atoms with Crippen LogP contribution in [0.1, 0.15) is 22.3 Å². The smallest absolute Gasteiger partial charge is 0.266 e. The first-order chi connectivity index (χ1) is 21.2. The minimum atomic E-state index is -0.510. The summed E-state index contributed by atoms with van der Waals surface area (Å²) in [5, 5.41) is 0.724. The normalized spacial score (nSPS) is 16.1. The van der Waals surface area contributed by atoms with E-state index >= 15 is 0 Å². The lowest BCUT2D eigenvalue weighted by molar-refractivity contribution is 0.794. The van der Waals surface area contributed by atoms with Gasteiger partial charge in [-0.15, -0.1) is 0 Å². The van der Waals surface area contributed by atoms with Crippen LogP contribution in [0.4, 0.5) is 0 Å². The third-order valence-electron chi connectivity index (χ3n) is 9.46. The lowest BCUT2D eigenvalue weighted by atomic mass is 9.70. The Hall–Kier alpha value is -5.32. The fourth-order valence-corrected chi connectivity index (χ4v) is 8.83. The summed E-state index contributed by atoms with van der Waals surface area (Å²) >= 11 is 1.57. The second-order valence-corrected chi connectivity index (χ2v) is 12.5. The molecule has 1 unspecified atom stereocenters. The van der Waals surface area contributed by atoms with Crippen LogP contribution < -0.4 is 5.56 Å². The Bertz CT molecular complexity index is 2540. The topological polar surface area (TPSA) is 34.4 Å². The predicted octanol–water partition coefficient (Wildman–Crippen LogP) is 9.07. The van der Waals surface area contributed by atoms with Crippen molar-refractivity contribution in [1.29, 1.82) is 0 Å². The highest BCUT2D eigenvalue weighted by Crippen LogP contribution is 2.64. The molecule has 0 saturated heterocycles. The molecule has 6 aromatic carbocycles. The lowest BCUT2D eigenvalue weighted by Crippen LogP contribution is -2.26. The Labute approximate surface area is 251 Å². The van der Waals surface area contributed by atoms with Gasteiger partial charge in [0, 0.05) is 4.70 Å². The zero-order valence-corrected chi connectivity index (χ0v) is 23.7. The van der Waals surface area contributed by atoms with E-state index in [4.69, 9.17) is 4.98 Å². The molecule has 200 valence electrons. The van der Waals surface area contributed by atoms with E-state index in [0.717, 1.165) is 26.1 Å². The minimum Gasteiger partial charge on any atom is -0.268 e. The average molecular weight is 567 g/mol. The molecule has 1 spiro atoms. The molecule has 10 rings (SSSR count). The quantitative estimate of drug-likeness (QED) is 0.199. The maximum Gasteiger partial charge on any atom is 0.266 e. The fourth-order valence-electron chi connectivity index (χ4n) is 7.81. The molecule has 0 bridgehead atoms. The number of hydrogen-bond donors (Lipinski definition) is 0.